The van der Waals surface area contributed by atoms with Crippen molar-refractivity contribution in [1.29, 1.82) is 0 Å². The van der Waals surface area contributed by atoms with Crippen molar-refractivity contribution >= 4 is 11.9 Å². The molecule has 6 heteroatoms. The van der Waals surface area contributed by atoms with Crippen LogP contribution in [-0.2, 0) is 22.7 Å². The Balaban J connectivity index is 2.42. The lowest BCUT2D eigenvalue weighted by Gasteiger charge is -2.11. The fourth-order valence-electron chi connectivity index (χ4n) is 1.57. The normalized spacial score (nSPS) is 11.9. The summed E-state index contributed by atoms with van der Waals surface area (Å²) >= 11 is 0. The zero-order valence-corrected chi connectivity index (χ0v) is 10.5. The molecule has 0 saturated carbocycles. The lowest BCUT2D eigenvalue weighted by molar-refractivity contribution is -0.137. The summed E-state index contributed by atoms with van der Waals surface area (Å²) in [6, 6.07) is 6.35. The zero-order valence-electron chi connectivity index (χ0n) is 10.5. The van der Waals surface area contributed by atoms with Gasteiger partial charge in [0, 0.05) is 13.0 Å². The number of nitrogens with one attached hydrogen (secondary N) is 1. The number of hydrogen-bond acceptors (Lipinski definition) is 4. The largest absolute Gasteiger partial charge is 0.481 e. The molecular weight excluding hydrogens is 248 g/mol. The zero-order chi connectivity index (χ0) is 14.3. The van der Waals surface area contributed by atoms with Crippen LogP contribution in [0.2, 0.25) is 0 Å². The van der Waals surface area contributed by atoms with Gasteiger partial charge in [0.25, 0.3) is 0 Å². The molecule has 0 heterocycles. The molecule has 1 rings (SSSR count). The average molecular weight is 266 g/mol. The van der Waals surface area contributed by atoms with Crippen LogP contribution >= 0.6 is 0 Å². The number of carbonyl (C=O) groups excluding carboxylic acids is 1. The van der Waals surface area contributed by atoms with Crippen LogP contribution in [0.4, 0.5) is 0 Å². The number of aliphatic hydroxyl groups excluding tert-OH is 1. The highest BCUT2D eigenvalue weighted by molar-refractivity contribution is 5.82. The predicted octanol–water partition coefficient (Wildman–Crippen LogP) is -0.0128. The standard InChI is InChI=1S/C13H18N2O4/c14-11(4-5-12(17)18)13(19)15-7-9-2-1-3-10(6-9)8-16/h1-3,6,11,16H,4-5,7-8,14H2,(H,15,19)(H,17,18). The Morgan fingerprint density at radius 3 is 2.63 bits per heavy atom. The third kappa shape index (κ3) is 5.50. The van der Waals surface area contributed by atoms with Gasteiger partial charge < -0.3 is 21.3 Å². The summed E-state index contributed by atoms with van der Waals surface area (Å²) < 4.78 is 0. The van der Waals surface area contributed by atoms with Gasteiger partial charge in [-0.15, -0.1) is 0 Å². The number of hydrogen-bond donors (Lipinski definition) is 4. The number of amides is 1. The minimum atomic E-state index is -0.973. The van der Waals surface area contributed by atoms with Crippen molar-refractivity contribution in [2.45, 2.75) is 32.0 Å². The quantitative estimate of drug-likeness (QED) is 0.554. The smallest absolute Gasteiger partial charge is 0.303 e. The van der Waals surface area contributed by atoms with E-state index in [2.05, 4.69) is 5.32 Å². The van der Waals surface area contributed by atoms with Crippen molar-refractivity contribution in [3.8, 4) is 0 Å². The van der Waals surface area contributed by atoms with Gasteiger partial charge in [0.1, 0.15) is 0 Å². The first-order valence-corrected chi connectivity index (χ1v) is 5.96. The van der Waals surface area contributed by atoms with Crippen LogP contribution in [0.3, 0.4) is 0 Å². The van der Waals surface area contributed by atoms with Crippen LogP contribution in [-0.4, -0.2) is 28.1 Å². The monoisotopic (exact) mass is 266 g/mol. The number of nitrogens with two attached hydrogens (primary N) is 1. The van der Waals surface area contributed by atoms with Crippen LogP contribution in [0.5, 0.6) is 0 Å². The van der Waals surface area contributed by atoms with Crippen LogP contribution in [0.25, 0.3) is 0 Å². The average Bonchev–Trinajstić information content (AvgIpc) is 2.42. The number of carbonyl (C=O) groups is 2. The van der Waals surface area contributed by atoms with E-state index in [9.17, 15) is 9.59 Å². The summed E-state index contributed by atoms with van der Waals surface area (Å²) in [5.41, 5.74) is 7.19. The van der Waals surface area contributed by atoms with Gasteiger partial charge in [-0.25, -0.2) is 0 Å². The Morgan fingerprint density at radius 1 is 1.32 bits per heavy atom. The maximum absolute atomic E-state index is 11.6. The lowest BCUT2D eigenvalue weighted by Crippen LogP contribution is -2.40. The molecule has 6 nitrogen and oxygen atoms in total. The molecular formula is C13H18N2O4. The molecule has 0 aliphatic rings. The molecule has 0 aromatic heterocycles. The van der Waals surface area contributed by atoms with Crippen molar-refractivity contribution in [3.63, 3.8) is 0 Å². The molecule has 0 spiro atoms. The van der Waals surface area contributed by atoms with E-state index in [-0.39, 0.29) is 25.4 Å². The molecule has 0 aliphatic heterocycles. The second-order valence-electron chi connectivity index (χ2n) is 4.23. The van der Waals surface area contributed by atoms with Gasteiger partial charge in [-0.3, -0.25) is 9.59 Å². The van der Waals surface area contributed by atoms with Gasteiger partial charge in [-0.2, -0.15) is 0 Å². The molecule has 0 bridgehead atoms. The van der Waals surface area contributed by atoms with Crippen LogP contribution in [0.1, 0.15) is 24.0 Å². The number of aliphatic carboxylic acids is 1. The molecule has 0 radical (unpaired) electrons. The van der Waals surface area contributed by atoms with Gasteiger partial charge in [-0.1, -0.05) is 24.3 Å². The minimum absolute atomic E-state index is 0.0556. The molecule has 0 saturated heterocycles. The van der Waals surface area contributed by atoms with Gasteiger partial charge in [0.2, 0.25) is 5.91 Å². The maximum Gasteiger partial charge on any atom is 0.303 e. The maximum atomic E-state index is 11.6. The van der Waals surface area contributed by atoms with E-state index in [4.69, 9.17) is 15.9 Å². The summed E-state index contributed by atoms with van der Waals surface area (Å²) in [4.78, 5) is 22.0. The highest BCUT2D eigenvalue weighted by Gasteiger charge is 2.14. The summed E-state index contributed by atoms with van der Waals surface area (Å²) in [7, 11) is 0. The number of carboxylic acids is 1. The number of aliphatic hydroxyl groups is 1. The second kappa shape index (κ2) is 7.50. The van der Waals surface area contributed by atoms with Gasteiger partial charge in [-0.05, 0) is 17.5 Å². The Morgan fingerprint density at radius 2 is 2.00 bits per heavy atom. The Bertz CT molecular complexity index is 448. The minimum Gasteiger partial charge on any atom is -0.481 e. The third-order valence-corrected chi connectivity index (χ3v) is 2.65. The van der Waals surface area contributed by atoms with E-state index in [1.165, 1.54) is 0 Å². The van der Waals surface area contributed by atoms with Crippen molar-refractivity contribution in [1.82, 2.24) is 5.32 Å². The van der Waals surface area contributed by atoms with Crippen molar-refractivity contribution in [2.75, 3.05) is 0 Å². The molecule has 1 aromatic rings. The predicted molar refractivity (Wildman–Crippen MR) is 69.1 cm³/mol. The fraction of sp³-hybridized carbons (Fsp3) is 0.385. The lowest BCUT2D eigenvalue weighted by atomic mass is 10.1. The second-order valence-corrected chi connectivity index (χ2v) is 4.23. The van der Waals surface area contributed by atoms with E-state index in [0.29, 0.717) is 6.54 Å². The molecule has 1 unspecified atom stereocenters. The summed E-state index contributed by atoms with van der Waals surface area (Å²) in [6.45, 7) is 0.243. The number of carboxylic acid groups (broad SMARTS) is 1. The fourth-order valence-corrected chi connectivity index (χ4v) is 1.57. The molecule has 104 valence electrons. The SMILES string of the molecule is NC(CCC(=O)O)C(=O)NCc1cccc(CO)c1. The molecule has 0 fully saturated rings. The van der Waals surface area contributed by atoms with Crippen molar-refractivity contribution in [2.24, 2.45) is 5.73 Å². The van der Waals surface area contributed by atoms with E-state index in [0.717, 1.165) is 11.1 Å². The molecule has 0 aliphatic carbocycles. The molecule has 5 N–H and O–H groups in total. The highest BCUT2D eigenvalue weighted by Crippen LogP contribution is 2.05. The molecule has 1 aromatic carbocycles. The first-order chi connectivity index (χ1) is 9.02. The third-order valence-electron chi connectivity index (χ3n) is 2.65. The first kappa shape index (κ1) is 15.1. The Labute approximate surface area is 111 Å². The summed E-state index contributed by atoms with van der Waals surface area (Å²) in [5, 5.41) is 20.1. The topological polar surface area (TPSA) is 113 Å². The molecule has 19 heavy (non-hydrogen) atoms. The van der Waals surface area contributed by atoms with Gasteiger partial charge in [0.05, 0.1) is 12.6 Å². The van der Waals surface area contributed by atoms with Gasteiger partial charge >= 0.3 is 5.97 Å². The highest BCUT2D eigenvalue weighted by atomic mass is 16.4. The molecule has 1 atom stereocenters. The molecule has 1 amide bonds. The number of rotatable bonds is 7. The summed E-state index contributed by atoms with van der Waals surface area (Å²) in [5.74, 6) is -1.35. The van der Waals surface area contributed by atoms with Crippen LogP contribution < -0.4 is 11.1 Å². The first-order valence-electron chi connectivity index (χ1n) is 5.96. The summed E-state index contributed by atoms with van der Waals surface area (Å²) in [6.07, 6.45) is -0.0214. The van der Waals surface area contributed by atoms with Crippen LogP contribution in [0, 0.1) is 0 Å². The van der Waals surface area contributed by atoms with E-state index < -0.39 is 12.0 Å². The van der Waals surface area contributed by atoms with E-state index in [1.54, 1.807) is 18.2 Å². The number of benzene rings is 1. The van der Waals surface area contributed by atoms with E-state index >= 15 is 0 Å². The van der Waals surface area contributed by atoms with Gasteiger partial charge in [0.15, 0.2) is 0 Å². The van der Waals surface area contributed by atoms with Crippen molar-refractivity contribution < 1.29 is 19.8 Å². The van der Waals surface area contributed by atoms with Crippen LogP contribution in [0.15, 0.2) is 24.3 Å². The van der Waals surface area contributed by atoms with Crippen molar-refractivity contribution in [3.05, 3.63) is 35.4 Å². The van der Waals surface area contributed by atoms with E-state index in [1.807, 2.05) is 6.07 Å². The Hall–Kier alpha value is -1.92. The Kier molecular flexibility index (Phi) is 5.98.